The Morgan fingerprint density at radius 3 is 2.42 bits per heavy atom. The minimum Gasteiger partial charge on any atom is -0.497 e. The van der Waals surface area contributed by atoms with E-state index in [0.29, 0.717) is 6.54 Å². The SMILES string of the molecule is COc1ccc(C(CN=C(N)N)N2CCCC2)cc1. The number of likely N-dealkylation sites (tertiary alicyclic amines) is 1. The second-order valence-corrected chi connectivity index (χ2v) is 4.80. The van der Waals surface area contributed by atoms with Crippen LogP contribution in [0.3, 0.4) is 0 Å². The van der Waals surface area contributed by atoms with E-state index in [4.69, 9.17) is 16.2 Å². The van der Waals surface area contributed by atoms with E-state index in [1.807, 2.05) is 12.1 Å². The normalized spacial score (nSPS) is 17.1. The fraction of sp³-hybridized carbons (Fsp3) is 0.500. The maximum atomic E-state index is 5.45. The highest BCUT2D eigenvalue weighted by Crippen LogP contribution is 2.26. The van der Waals surface area contributed by atoms with Gasteiger partial charge in [0.1, 0.15) is 5.75 Å². The van der Waals surface area contributed by atoms with Crippen LogP contribution in [0.15, 0.2) is 29.3 Å². The third-order valence-electron chi connectivity index (χ3n) is 3.53. The zero-order chi connectivity index (χ0) is 13.7. The summed E-state index contributed by atoms with van der Waals surface area (Å²) < 4.78 is 5.19. The van der Waals surface area contributed by atoms with E-state index >= 15 is 0 Å². The fourth-order valence-corrected chi connectivity index (χ4v) is 2.50. The standard InChI is InChI=1S/C14H22N4O/c1-19-12-6-4-11(5-7-12)13(10-17-14(15)16)18-8-2-3-9-18/h4-7,13H,2-3,8-10H2,1H3,(H4,15,16,17). The first-order valence-electron chi connectivity index (χ1n) is 6.64. The molecule has 0 spiro atoms. The summed E-state index contributed by atoms with van der Waals surface area (Å²) in [6.07, 6.45) is 2.49. The Labute approximate surface area is 114 Å². The van der Waals surface area contributed by atoms with E-state index in [0.717, 1.165) is 18.8 Å². The monoisotopic (exact) mass is 262 g/mol. The third-order valence-corrected chi connectivity index (χ3v) is 3.53. The Balaban J connectivity index is 2.16. The van der Waals surface area contributed by atoms with Crippen LogP contribution in [0, 0.1) is 0 Å². The molecule has 1 aliphatic rings. The molecule has 0 bridgehead atoms. The number of hydrogen-bond acceptors (Lipinski definition) is 3. The highest BCUT2D eigenvalue weighted by molar-refractivity contribution is 5.75. The van der Waals surface area contributed by atoms with Crippen molar-refractivity contribution in [2.45, 2.75) is 18.9 Å². The summed E-state index contributed by atoms with van der Waals surface area (Å²) in [5.41, 5.74) is 12.1. The van der Waals surface area contributed by atoms with Crippen LogP contribution in [0.5, 0.6) is 5.75 Å². The molecule has 1 fully saturated rings. The summed E-state index contributed by atoms with van der Waals surface area (Å²) in [6.45, 7) is 2.82. The molecule has 5 nitrogen and oxygen atoms in total. The lowest BCUT2D eigenvalue weighted by molar-refractivity contribution is 0.251. The molecule has 1 aromatic rings. The number of hydrogen-bond donors (Lipinski definition) is 2. The number of ether oxygens (including phenoxy) is 1. The Morgan fingerprint density at radius 2 is 1.89 bits per heavy atom. The van der Waals surface area contributed by atoms with Gasteiger partial charge in [0.25, 0.3) is 0 Å². The summed E-state index contributed by atoms with van der Waals surface area (Å²) in [5.74, 6) is 1.02. The fourth-order valence-electron chi connectivity index (χ4n) is 2.50. The van der Waals surface area contributed by atoms with Crippen LogP contribution in [-0.2, 0) is 0 Å². The van der Waals surface area contributed by atoms with Gasteiger partial charge in [-0.05, 0) is 43.6 Å². The van der Waals surface area contributed by atoms with Crippen molar-refractivity contribution in [3.8, 4) is 5.75 Å². The first-order chi connectivity index (χ1) is 9.20. The van der Waals surface area contributed by atoms with Gasteiger partial charge in [0, 0.05) is 0 Å². The van der Waals surface area contributed by atoms with Gasteiger partial charge in [-0.3, -0.25) is 9.89 Å². The van der Waals surface area contributed by atoms with Crippen molar-refractivity contribution in [2.75, 3.05) is 26.7 Å². The van der Waals surface area contributed by atoms with Gasteiger partial charge in [0.2, 0.25) is 0 Å². The molecular weight excluding hydrogens is 240 g/mol. The van der Waals surface area contributed by atoms with Crippen molar-refractivity contribution < 1.29 is 4.74 Å². The van der Waals surface area contributed by atoms with Gasteiger partial charge in [-0.2, -0.15) is 0 Å². The lowest BCUT2D eigenvalue weighted by atomic mass is 10.1. The first kappa shape index (κ1) is 13.7. The van der Waals surface area contributed by atoms with E-state index in [1.54, 1.807) is 7.11 Å². The van der Waals surface area contributed by atoms with Crippen LogP contribution < -0.4 is 16.2 Å². The van der Waals surface area contributed by atoms with Crippen LogP contribution in [0.4, 0.5) is 0 Å². The van der Waals surface area contributed by atoms with Gasteiger partial charge in [-0.15, -0.1) is 0 Å². The Morgan fingerprint density at radius 1 is 1.26 bits per heavy atom. The Bertz CT molecular complexity index is 420. The predicted molar refractivity (Wildman–Crippen MR) is 77.2 cm³/mol. The number of nitrogens with zero attached hydrogens (tertiary/aromatic N) is 2. The Hall–Kier alpha value is -1.75. The highest BCUT2D eigenvalue weighted by atomic mass is 16.5. The molecule has 0 radical (unpaired) electrons. The predicted octanol–water partition coefficient (Wildman–Crippen LogP) is 1.11. The molecule has 104 valence electrons. The summed E-state index contributed by atoms with van der Waals surface area (Å²) in [6, 6.07) is 8.38. The molecule has 1 atom stereocenters. The van der Waals surface area contributed by atoms with Crippen LogP contribution in [0.2, 0.25) is 0 Å². The van der Waals surface area contributed by atoms with Gasteiger partial charge < -0.3 is 16.2 Å². The molecule has 1 aliphatic heterocycles. The van der Waals surface area contributed by atoms with Crippen molar-refractivity contribution in [2.24, 2.45) is 16.5 Å². The molecule has 1 aromatic carbocycles. The quantitative estimate of drug-likeness (QED) is 0.615. The van der Waals surface area contributed by atoms with Crippen LogP contribution in [0.1, 0.15) is 24.4 Å². The van der Waals surface area contributed by atoms with Crippen molar-refractivity contribution in [1.29, 1.82) is 0 Å². The van der Waals surface area contributed by atoms with E-state index in [2.05, 4.69) is 22.0 Å². The molecule has 0 amide bonds. The Kier molecular flexibility index (Phi) is 4.63. The molecule has 1 heterocycles. The van der Waals surface area contributed by atoms with Crippen molar-refractivity contribution in [3.63, 3.8) is 0 Å². The average Bonchev–Trinajstić information content (AvgIpc) is 2.93. The van der Waals surface area contributed by atoms with Gasteiger partial charge in [-0.25, -0.2) is 0 Å². The summed E-state index contributed by atoms with van der Waals surface area (Å²) in [5, 5.41) is 0. The summed E-state index contributed by atoms with van der Waals surface area (Å²) in [4.78, 5) is 6.63. The second kappa shape index (κ2) is 6.43. The molecule has 0 saturated carbocycles. The van der Waals surface area contributed by atoms with Crippen molar-refractivity contribution in [3.05, 3.63) is 29.8 Å². The average molecular weight is 262 g/mol. The van der Waals surface area contributed by atoms with Gasteiger partial charge in [-0.1, -0.05) is 12.1 Å². The van der Waals surface area contributed by atoms with Crippen LogP contribution >= 0.6 is 0 Å². The smallest absolute Gasteiger partial charge is 0.185 e. The van der Waals surface area contributed by atoms with Crippen molar-refractivity contribution in [1.82, 2.24) is 4.90 Å². The zero-order valence-corrected chi connectivity index (χ0v) is 11.4. The molecule has 5 heteroatoms. The minimum atomic E-state index is 0.151. The molecule has 0 aromatic heterocycles. The van der Waals surface area contributed by atoms with E-state index < -0.39 is 0 Å². The largest absolute Gasteiger partial charge is 0.497 e. The van der Waals surface area contributed by atoms with Crippen LogP contribution in [0.25, 0.3) is 0 Å². The van der Waals surface area contributed by atoms with E-state index in [9.17, 15) is 0 Å². The minimum absolute atomic E-state index is 0.151. The number of aliphatic imine (C=N–C) groups is 1. The lowest BCUT2D eigenvalue weighted by Crippen LogP contribution is -2.30. The molecule has 4 N–H and O–H groups in total. The molecule has 0 aliphatic carbocycles. The third kappa shape index (κ3) is 3.61. The zero-order valence-electron chi connectivity index (χ0n) is 11.4. The maximum Gasteiger partial charge on any atom is 0.185 e. The molecule has 1 saturated heterocycles. The van der Waals surface area contributed by atoms with Gasteiger partial charge in [0.05, 0.1) is 19.7 Å². The van der Waals surface area contributed by atoms with Gasteiger partial charge in [0.15, 0.2) is 5.96 Å². The summed E-state index contributed by atoms with van der Waals surface area (Å²) >= 11 is 0. The molecular formula is C14H22N4O. The first-order valence-corrected chi connectivity index (χ1v) is 6.64. The van der Waals surface area contributed by atoms with Crippen LogP contribution in [-0.4, -0.2) is 37.6 Å². The second-order valence-electron chi connectivity index (χ2n) is 4.80. The van der Waals surface area contributed by atoms with Gasteiger partial charge >= 0.3 is 0 Å². The number of benzene rings is 1. The highest BCUT2D eigenvalue weighted by Gasteiger charge is 2.23. The summed E-state index contributed by atoms with van der Waals surface area (Å²) in [7, 11) is 1.67. The maximum absolute atomic E-state index is 5.45. The van der Waals surface area contributed by atoms with Crippen molar-refractivity contribution >= 4 is 5.96 Å². The molecule has 19 heavy (non-hydrogen) atoms. The number of nitrogens with two attached hydrogens (primary N) is 2. The molecule has 2 rings (SSSR count). The molecule has 1 unspecified atom stereocenters. The van der Waals surface area contributed by atoms with E-state index in [-0.39, 0.29) is 12.0 Å². The topological polar surface area (TPSA) is 76.9 Å². The number of methoxy groups -OCH3 is 1. The number of rotatable bonds is 5. The lowest BCUT2D eigenvalue weighted by Gasteiger charge is -2.26. The number of guanidine groups is 1. The van der Waals surface area contributed by atoms with E-state index in [1.165, 1.54) is 18.4 Å².